The number of hydrogen-bond donors (Lipinski definition) is 1. The molecule has 1 N–H and O–H groups in total. The second kappa shape index (κ2) is 6.22. The van der Waals surface area contributed by atoms with Crippen LogP contribution in [0.2, 0.25) is 0 Å². The summed E-state index contributed by atoms with van der Waals surface area (Å²) in [6, 6.07) is 5.48. The first-order chi connectivity index (χ1) is 14.5. The zero-order valence-corrected chi connectivity index (χ0v) is 16.1. The molecule has 2 aromatic rings. The quantitative estimate of drug-likeness (QED) is 0.719. The van der Waals surface area contributed by atoms with Crippen molar-refractivity contribution in [2.24, 2.45) is 12.2 Å². The smallest absolute Gasteiger partial charge is 0.372 e. The minimum Gasteiger partial charge on any atom is -0.372 e. The molecule has 3 aliphatic rings. The van der Waals surface area contributed by atoms with Crippen molar-refractivity contribution in [2.45, 2.75) is 36.6 Å². The maximum atomic E-state index is 14.1. The lowest BCUT2D eigenvalue weighted by atomic mass is 9.85. The highest BCUT2D eigenvalue weighted by Gasteiger charge is 2.64. The van der Waals surface area contributed by atoms with E-state index in [1.165, 1.54) is 0 Å². The molecule has 5 rings (SSSR count). The highest BCUT2D eigenvalue weighted by molar-refractivity contribution is 6.02. The highest BCUT2D eigenvalue weighted by atomic mass is 19.4. The number of alkyl halides is 6. The normalized spacial score (nSPS) is 24.7. The Bertz CT molecular complexity index is 1090. The average Bonchev–Trinajstić information content (AvgIpc) is 3.34. The zero-order chi connectivity index (χ0) is 22.2. The van der Waals surface area contributed by atoms with Crippen molar-refractivity contribution in [1.29, 1.82) is 0 Å². The molecule has 6 nitrogen and oxygen atoms in total. The van der Waals surface area contributed by atoms with Gasteiger partial charge >= 0.3 is 12.4 Å². The molecule has 3 aliphatic heterocycles. The molecule has 1 unspecified atom stereocenters. The predicted molar refractivity (Wildman–Crippen MR) is 94.0 cm³/mol. The number of hydrogen-bond acceptors (Lipinski definition) is 5. The van der Waals surface area contributed by atoms with Gasteiger partial charge in [0, 0.05) is 20.1 Å². The summed E-state index contributed by atoms with van der Waals surface area (Å²) in [6.45, 7) is 1.63. The molecule has 1 aromatic heterocycles. The number of rotatable bonds is 2. The van der Waals surface area contributed by atoms with E-state index in [0.717, 1.165) is 18.2 Å². The van der Waals surface area contributed by atoms with Crippen molar-refractivity contribution in [1.82, 2.24) is 15.1 Å². The monoisotopic (exact) mass is 446 g/mol. The van der Waals surface area contributed by atoms with Crippen LogP contribution in [0.15, 0.2) is 29.4 Å². The molecule has 31 heavy (non-hydrogen) atoms. The van der Waals surface area contributed by atoms with Gasteiger partial charge in [-0.3, -0.25) is 4.68 Å². The van der Waals surface area contributed by atoms with Crippen LogP contribution < -0.4 is 5.32 Å². The molecule has 0 amide bonds. The second-order valence-corrected chi connectivity index (χ2v) is 7.93. The van der Waals surface area contributed by atoms with Crippen LogP contribution in [0.5, 0.6) is 0 Å². The maximum absolute atomic E-state index is 14.1. The molecular weight excluding hydrogens is 430 g/mol. The van der Waals surface area contributed by atoms with Gasteiger partial charge in [0.15, 0.2) is 5.69 Å². The van der Waals surface area contributed by atoms with Gasteiger partial charge < -0.3 is 14.9 Å². The summed E-state index contributed by atoms with van der Waals surface area (Å²) in [6.07, 6.45) is -10.7. The number of benzene rings is 1. The first-order valence-corrected chi connectivity index (χ1v) is 9.37. The van der Waals surface area contributed by atoms with Gasteiger partial charge in [-0.1, -0.05) is 17.3 Å². The molecule has 1 saturated heterocycles. The average molecular weight is 446 g/mol. The van der Waals surface area contributed by atoms with E-state index in [4.69, 9.17) is 9.57 Å². The van der Waals surface area contributed by atoms with Gasteiger partial charge in [0.05, 0.1) is 24.4 Å². The van der Waals surface area contributed by atoms with Gasteiger partial charge in [-0.25, -0.2) is 0 Å². The van der Waals surface area contributed by atoms with Crippen molar-refractivity contribution < 1.29 is 35.9 Å². The standard InChI is InChI=1S/C19H16F6N4O2/c1-29-15(5-14(27-29)18(20,21)22)17(19(23,24)25)6-13(28-31-17)10-2-3-12-11(4-10)7-30-16(12)8-26-9-16/h2-5,26H,6-9H2,1H3. The van der Waals surface area contributed by atoms with E-state index in [-0.39, 0.29) is 5.71 Å². The van der Waals surface area contributed by atoms with Gasteiger partial charge in [0.25, 0.3) is 5.60 Å². The fourth-order valence-electron chi connectivity index (χ4n) is 4.28. The molecule has 1 fully saturated rings. The third kappa shape index (κ3) is 2.88. The molecule has 1 atom stereocenters. The lowest BCUT2D eigenvalue weighted by Crippen LogP contribution is -2.56. The number of oxime groups is 1. The largest absolute Gasteiger partial charge is 0.437 e. The number of nitrogens with one attached hydrogen (secondary N) is 1. The Balaban J connectivity index is 1.50. The topological polar surface area (TPSA) is 60.7 Å². The van der Waals surface area contributed by atoms with Gasteiger partial charge in [-0.05, 0) is 28.8 Å². The molecule has 0 radical (unpaired) electrons. The van der Waals surface area contributed by atoms with Gasteiger partial charge in [0.1, 0.15) is 5.60 Å². The van der Waals surface area contributed by atoms with Crippen LogP contribution in [0.25, 0.3) is 0 Å². The fraction of sp³-hybridized carbons (Fsp3) is 0.474. The molecular formula is C19H16F6N4O2. The Labute approximate surface area is 171 Å². The van der Waals surface area contributed by atoms with E-state index in [9.17, 15) is 26.3 Å². The lowest BCUT2D eigenvalue weighted by Gasteiger charge is -2.39. The molecule has 1 aromatic carbocycles. The highest BCUT2D eigenvalue weighted by Crippen LogP contribution is 2.50. The van der Waals surface area contributed by atoms with E-state index in [1.54, 1.807) is 18.2 Å². The van der Waals surface area contributed by atoms with E-state index < -0.39 is 41.4 Å². The van der Waals surface area contributed by atoms with E-state index in [2.05, 4.69) is 15.6 Å². The number of fused-ring (bicyclic) bond motifs is 2. The number of halogens is 6. The Morgan fingerprint density at radius 1 is 1.10 bits per heavy atom. The maximum Gasteiger partial charge on any atom is 0.437 e. The lowest BCUT2D eigenvalue weighted by molar-refractivity contribution is -0.278. The van der Waals surface area contributed by atoms with Crippen LogP contribution >= 0.6 is 0 Å². The number of nitrogens with zero attached hydrogens (tertiary/aromatic N) is 3. The van der Waals surface area contributed by atoms with Crippen LogP contribution in [0.1, 0.15) is 34.5 Å². The molecule has 0 bridgehead atoms. The van der Waals surface area contributed by atoms with Crippen molar-refractivity contribution in [3.8, 4) is 0 Å². The SMILES string of the molecule is Cn1nc(C(F)(F)F)cc1C1(C(F)(F)F)CC(c2ccc3c(c2)COC32CNC2)=NO1. The van der Waals surface area contributed by atoms with Crippen LogP contribution in [0, 0.1) is 0 Å². The minimum atomic E-state index is -5.03. The second-order valence-electron chi connectivity index (χ2n) is 7.93. The van der Waals surface area contributed by atoms with Gasteiger partial charge in [0.2, 0.25) is 0 Å². The summed E-state index contributed by atoms with van der Waals surface area (Å²) in [4.78, 5) is 4.85. The summed E-state index contributed by atoms with van der Waals surface area (Å²) in [5, 5.41) is 9.97. The van der Waals surface area contributed by atoms with Crippen molar-refractivity contribution in [2.75, 3.05) is 13.1 Å². The molecule has 4 heterocycles. The Kier molecular flexibility index (Phi) is 4.08. The molecule has 12 heteroatoms. The van der Waals surface area contributed by atoms with E-state index >= 15 is 0 Å². The number of aromatic nitrogens is 2. The number of ether oxygens (including phenoxy) is 1. The Morgan fingerprint density at radius 2 is 1.84 bits per heavy atom. The van der Waals surface area contributed by atoms with Crippen molar-refractivity contribution in [3.05, 3.63) is 52.3 Å². The molecule has 0 saturated carbocycles. The molecule has 0 aliphatic carbocycles. The molecule has 166 valence electrons. The van der Waals surface area contributed by atoms with Crippen molar-refractivity contribution >= 4 is 5.71 Å². The minimum absolute atomic E-state index is 0.0115. The third-order valence-electron chi connectivity index (χ3n) is 6.02. The molecule has 1 spiro atoms. The summed E-state index contributed by atoms with van der Waals surface area (Å²) in [5.74, 6) is 0. The third-order valence-corrected chi connectivity index (χ3v) is 6.02. The summed E-state index contributed by atoms with van der Waals surface area (Å²) < 4.78 is 87.7. The van der Waals surface area contributed by atoms with Gasteiger partial charge in [-0.15, -0.1) is 0 Å². The Morgan fingerprint density at radius 3 is 2.42 bits per heavy atom. The van der Waals surface area contributed by atoms with Crippen LogP contribution in [-0.2, 0) is 40.6 Å². The van der Waals surface area contributed by atoms with Crippen LogP contribution in [0.4, 0.5) is 26.3 Å². The first-order valence-electron chi connectivity index (χ1n) is 9.37. The van der Waals surface area contributed by atoms with Crippen LogP contribution in [-0.4, -0.2) is 34.8 Å². The van der Waals surface area contributed by atoms with E-state index in [1.807, 2.05) is 0 Å². The predicted octanol–water partition coefficient (Wildman–Crippen LogP) is 3.35. The van der Waals surface area contributed by atoms with Gasteiger partial charge in [-0.2, -0.15) is 31.4 Å². The Hall–Kier alpha value is -2.60. The number of aryl methyl sites for hydroxylation is 1. The summed E-state index contributed by atoms with van der Waals surface area (Å²) in [7, 11) is 1.01. The van der Waals surface area contributed by atoms with Crippen molar-refractivity contribution in [3.63, 3.8) is 0 Å². The summed E-state index contributed by atoms with van der Waals surface area (Å²) >= 11 is 0. The fourth-order valence-corrected chi connectivity index (χ4v) is 4.28. The zero-order valence-electron chi connectivity index (χ0n) is 16.1. The van der Waals surface area contributed by atoms with E-state index in [0.29, 0.717) is 36.0 Å². The van der Waals surface area contributed by atoms with Crippen LogP contribution in [0.3, 0.4) is 0 Å². The first kappa shape index (κ1) is 20.3. The summed E-state index contributed by atoms with van der Waals surface area (Å²) in [5.41, 5.74) is -3.47.